The molecule has 0 amide bonds. The van der Waals surface area contributed by atoms with Crippen molar-refractivity contribution in [1.82, 2.24) is 9.78 Å². The lowest BCUT2D eigenvalue weighted by Crippen LogP contribution is -2.07. The normalized spacial score (nSPS) is 10.7. The summed E-state index contributed by atoms with van der Waals surface area (Å²) in [7, 11) is 1.40. The molecule has 1 aromatic carbocycles. The maximum atomic E-state index is 11.5. The van der Waals surface area contributed by atoms with Crippen molar-refractivity contribution < 1.29 is 9.53 Å². The second-order valence-corrected chi connectivity index (χ2v) is 5.28. The van der Waals surface area contributed by atoms with Gasteiger partial charge in [0.15, 0.2) is 0 Å². The number of aromatic nitrogens is 2. The standard InChI is InChI=1S/C16H19ClN2O2/c1-11-15(8-16(20)21-3)12(2)19(18-11)10-14-6-4-13(9-17)5-7-14/h4-7H,8-10H2,1-3H3. The molecule has 0 radical (unpaired) electrons. The third-order valence-corrected chi connectivity index (χ3v) is 3.90. The van der Waals surface area contributed by atoms with Crippen molar-refractivity contribution in [2.45, 2.75) is 32.7 Å². The number of methoxy groups -OCH3 is 1. The predicted octanol–water partition coefficient (Wildman–Crippen LogP) is 3.00. The van der Waals surface area contributed by atoms with E-state index in [2.05, 4.69) is 5.10 Å². The zero-order chi connectivity index (χ0) is 15.4. The molecule has 0 aliphatic heterocycles. The third-order valence-electron chi connectivity index (χ3n) is 3.59. The molecule has 0 fully saturated rings. The number of hydrogen-bond acceptors (Lipinski definition) is 3. The highest BCUT2D eigenvalue weighted by Crippen LogP contribution is 2.16. The first-order valence-corrected chi connectivity index (χ1v) is 7.32. The highest BCUT2D eigenvalue weighted by Gasteiger charge is 2.15. The molecule has 0 bridgehead atoms. The number of nitrogens with zero attached hydrogens (tertiary/aromatic N) is 2. The number of carbonyl (C=O) groups is 1. The number of ether oxygens (including phenoxy) is 1. The topological polar surface area (TPSA) is 44.1 Å². The van der Waals surface area contributed by atoms with Gasteiger partial charge in [-0.2, -0.15) is 5.10 Å². The molecule has 112 valence electrons. The Hall–Kier alpha value is -1.81. The first-order valence-electron chi connectivity index (χ1n) is 6.78. The minimum absolute atomic E-state index is 0.243. The average molecular weight is 307 g/mol. The van der Waals surface area contributed by atoms with Crippen LogP contribution in [-0.4, -0.2) is 22.9 Å². The molecule has 0 aliphatic carbocycles. The van der Waals surface area contributed by atoms with E-state index in [9.17, 15) is 4.79 Å². The summed E-state index contributed by atoms with van der Waals surface area (Å²) in [6.45, 7) is 4.57. The van der Waals surface area contributed by atoms with E-state index in [4.69, 9.17) is 16.3 Å². The lowest BCUT2D eigenvalue weighted by molar-refractivity contribution is -0.139. The summed E-state index contributed by atoms with van der Waals surface area (Å²) in [6.07, 6.45) is 0.263. The maximum absolute atomic E-state index is 11.5. The first kappa shape index (κ1) is 15.6. The summed E-state index contributed by atoms with van der Waals surface area (Å²) < 4.78 is 6.65. The number of aryl methyl sites for hydroxylation is 1. The molecule has 21 heavy (non-hydrogen) atoms. The Balaban J connectivity index is 2.20. The molecule has 2 aromatic rings. The second-order valence-electron chi connectivity index (χ2n) is 5.01. The van der Waals surface area contributed by atoms with Gasteiger partial charge >= 0.3 is 5.97 Å². The van der Waals surface area contributed by atoms with Gasteiger partial charge in [0.2, 0.25) is 0 Å². The predicted molar refractivity (Wildman–Crippen MR) is 82.5 cm³/mol. The summed E-state index contributed by atoms with van der Waals surface area (Å²) >= 11 is 5.79. The fraction of sp³-hybridized carbons (Fsp3) is 0.375. The smallest absolute Gasteiger partial charge is 0.310 e. The molecule has 0 saturated heterocycles. The van der Waals surface area contributed by atoms with Crippen LogP contribution < -0.4 is 0 Å². The minimum atomic E-state index is -0.243. The molecule has 0 unspecified atom stereocenters. The van der Waals surface area contributed by atoms with Crippen LogP contribution in [0.3, 0.4) is 0 Å². The van der Waals surface area contributed by atoms with E-state index in [1.54, 1.807) is 0 Å². The van der Waals surface area contributed by atoms with Crippen LogP contribution in [0.5, 0.6) is 0 Å². The van der Waals surface area contributed by atoms with Gasteiger partial charge in [-0.05, 0) is 25.0 Å². The summed E-state index contributed by atoms with van der Waals surface area (Å²) in [5.41, 5.74) is 5.06. The summed E-state index contributed by atoms with van der Waals surface area (Å²) in [5, 5.41) is 4.52. The first-order chi connectivity index (χ1) is 10.0. The summed E-state index contributed by atoms with van der Waals surface area (Å²) in [4.78, 5) is 11.5. The molecule has 1 heterocycles. The van der Waals surface area contributed by atoms with Crippen LogP contribution in [0.4, 0.5) is 0 Å². The van der Waals surface area contributed by atoms with Crippen molar-refractivity contribution in [2.24, 2.45) is 0 Å². The molecule has 0 N–H and O–H groups in total. The SMILES string of the molecule is COC(=O)Cc1c(C)nn(Cc2ccc(CCl)cc2)c1C. The summed E-state index contributed by atoms with van der Waals surface area (Å²) in [6, 6.07) is 8.13. The van der Waals surface area contributed by atoms with Gasteiger partial charge in [0, 0.05) is 17.1 Å². The molecule has 0 aliphatic rings. The van der Waals surface area contributed by atoms with E-state index in [1.165, 1.54) is 7.11 Å². The molecule has 2 rings (SSSR count). The van der Waals surface area contributed by atoms with Gasteiger partial charge in [0.25, 0.3) is 0 Å². The highest BCUT2D eigenvalue weighted by molar-refractivity contribution is 6.17. The number of halogens is 1. The number of benzene rings is 1. The Morgan fingerprint density at radius 1 is 1.24 bits per heavy atom. The Kier molecular flexibility index (Phi) is 5.02. The second kappa shape index (κ2) is 6.76. The van der Waals surface area contributed by atoms with Gasteiger partial charge in [0.1, 0.15) is 0 Å². The average Bonchev–Trinajstić information content (AvgIpc) is 2.75. The van der Waals surface area contributed by atoms with Crippen molar-refractivity contribution in [2.75, 3.05) is 7.11 Å². The number of esters is 1. The Labute approximate surface area is 129 Å². The number of carbonyl (C=O) groups excluding carboxylic acids is 1. The Morgan fingerprint density at radius 2 is 1.86 bits per heavy atom. The molecular weight excluding hydrogens is 288 g/mol. The Morgan fingerprint density at radius 3 is 2.43 bits per heavy atom. The largest absolute Gasteiger partial charge is 0.469 e. The van der Waals surface area contributed by atoms with Crippen molar-refractivity contribution >= 4 is 17.6 Å². The number of alkyl halides is 1. The van der Waals surface area contributed by atoms with Crippen LogP contribution in [-0.2, 0) is 28.4 Å². The fourth-order valence-corrected chi connectivity index (χ4v) is 2.45. The van der Waals surface area contributed by atoms with Crippen molar-refractivity contribution in [3.05, 3.63) is 52.3 Å². The zero-order valence-electron chi connectivity index (χ0n) is 12.5. The maximum Gasteiger partial charge on any atom is 0.310 e. The van der Waals surface area contributed by atoms with E-state index < -0.39 is 0 Å². The van der Waals surface area contributed by atoms with Crippen LogP contribution in [0, 0.1) is 13.8 Å². The van der Waals surface area contributed by atoms with E-state index in [0.717, 1.165) is 28.1 Å². The van der Waals surface area contributed by atoms with Gasteiger partial charge < -0.3 is 4.74 Å². The van der Waals surface area contributed by atoms with Gasteiger partial charge in [0.05, 0.1) is 25.8 Å². The lowest BCUT2D eigenvalue weighted by atomic mass is 10.1. The number of hydrogen-bond donors (Lipinski definition) is 0. The third kappa shape index (κ3) is 3.64. The van der Waals surface area contributed by atoms with Crippen LogP contribution in [0.2, 0.25) is 0 Å². The minimum Gasteiger partial charge on any atom is -0.469 e. The van der Waals surface area contributed by atoms with E-state index in [-0.39, 0.29) is 12.4 Å². The molecule has 1 aromatic heterocycles. The van der Waals surface area contributed by atoms with E-state index in [1.807, 2.05) is 42.8 Å². The molecule has 0 spiro atoms. The lowest BCUT2D eigenvalue weighted by Gasteiger charge is -2.06. The summed E-state index contributed by atoms with van der Waals surface area (Å²) in [5.74, 6) is 0.274. The Bertz CT molecular complexity index is 632. The van der Waals surface area contributed by atoms with Gasteiger partial charge in [-0.1, -0.05) is 24.3 Å². The van der Waals surface area contributed by atoms with E-state index >= 15 is 0 Å². The molecule has 0 saturated carbocycles. The fourth-order valence-electron chi connectivity index (χ4n) is 2.27. The molecule has 4 nitrogen and oxygen atoms in total. The van der Waals surface area contributed by atoms with E-state index in [0.29, 0.717) is 12.4 Å². The molecule has 5 heteroatoms. The van der Waals surface area contributed by atoms with Crippen molar-refractivity contribution in [3.63, 3.8) is 0 Å². The van der Waals surface area contributed by atoms with Gasteiger partial charge in [-0.3, -0.25) is 9.48 Å². The molecule has 0 atom stereocenters. The molecular formula is C16H19ClN2O2. The highest BCUT2D eigenvalue weighted by atomic mass is 35.5. The van der Waals surface area contributed by atoms with Gasteiger partial charge in [-0.15, -0.1) is 11.6 Å². The number of rotatable bonds is 5. The van der Waals surface area contributed by atoms with Crippen molar-refractivity contribution in [1.29, 1.82) is 0 Å². The van der Waals surface area contributed by atoms with Crippen LogP contribution in [0.25, 0.3) is 0 Å². The monoisotopic (exact) mass is 306 g/mol. The van der Waals surface area contributed by atoms with Crippen LogP contribution in [0.1, 0.15) is 28.1 Å². The van der Waals surface area contributed by atoms with Gasteiger partial charge in [-0.25, -0.2) is 0 Å². The quantitative estimate of drug-likeness (QED) is 0.630. The zero-order valence-corrected chi connectivity index (χ0v) is 13.3. The van der Waals surface area contributed by atoms with Crippen LogP contribution >= 0.6 is 11.6 Å². The van der Waals surface area contributed by atoms with Crippen molar-refractivity contribution in [3.8, 4) is 0 Å². The van der Waals surface area contributed by atoms with Crippen LogP contribution in [0.15, 0.2) is 24.3 Å².